The smallest absolute Gasteiger partial charge is 0.237 e. The third-order valence-corrected chi connectivity index (χ3v) is 5.75. The standard InChI is InChI=1S/C20H24N4O2/c1-2-6-17-20(15-7-3-4-8-16(15)22-19(20)26)10-14-24(17)18(25)9-13-23-12-5-11-21-23/h3-5,7-8,11-12,17H,2,6,9-10,13-14H2,1H3,(H,22,26)/t17-,20+/m0/s1. The molecule has 26 heavy (non-hydrogen) atoms. The second kappa shape index (κ2) is 6.59. The molecule has 1 fully saturated rings. The van der Waals surface area contributed by atoms with E-state index in [2.05, 4.69) is 17.3 Å². The third kappa shape index (κ3) is 2.52. The number of nitrogens with zero attached hydrogens (tertiary/aromatic N) is 3. The van der Waals surface area contributed by atoms with E-state index in [-0.39, 0.29) is 17.9 Å². The molecule has 6 nitrogen and oxygen atoms in total. The number of likely N-dealkylation sites (tertiary alicyclic amines) is 1. The van der Waals surface area contributed by atoms with Gasteiger partial charge in [-0.05, 0) is 30.5 Å². The molecule has 1 spiro atoms. The Hall–Kier alpha value is -2.63. The quantitative estimate of drug-likeness (QED) is 0.899. The fourth-order valence-corrected chi connectivity index (χ4v) is 4.56. The van der Waals surface area contributed by atoms with E-state index in [9.17, 15) is 9.59 Å². The molecule has 2 aromatic rings. The Morgan fingerprint density at radius 2 is 2.19 bits per heavy atom. The number of anilines is 1. The fraction of sp³-hybridized carbons (Fsp3) is 0.450. The van der Waals surface area contributed by atoms with Crippen LogP contribution >= 0.6 is 0 Å². The summed E-state index contributed by atoms with van der Waals surface area (Å²) in [6.07, 6.45) is 6.44. The average molecular weight is 352 g/mol. The number of hydrogen-bond donors (Lipinski definition) is 1. The van der Waals surface area contributed by atoms with Gasteiger partial charge in [0, 0.05) is 37.6 Å². The minimum atomic E-state index is -0.603. The number of aromatic nitrogens is 2. The Bertz CT molecular complexity index is 817. The van der Waals surface area contributed by atoms with E-state index >= 15 is 0 Å². The van der Waals surface area contributed by atoms with Crippen molar-refractivity contribution in [3.05, 3.63) is 48.3 Å². The van der Waals surface area contributed by atoms with Gasteiger partial charge in [0.25, 0.3) is 0 Å². The topological polar surface area (TPSA) is 67.2 Å². The van der Waals surface area contributed by atoms with Gasteiger partial charge in [-0.15, -0.1) is 0 Å². The molecular weight excluding hydrogens is 328 g/mol. The molecule has 2 aliphatic heterocycles. The van der Waals surface area contributed by atoms with Gasteiger partial charge < -0.3 is 10.2 Å². The normalized spacial score (nSPS) is 24.1. The second-order valence-corrected chi connectivity index (χ2v) is 7.13. The van der Waals surface area contributed by atoms with Crippen molar-refractivity contribution < 1.29 is 9.59 Å². The number of carbonyl (C=O) groups is 2. The molecule has 1 saturated heterocycles. The SMILES string of the molecule is CCC[C@@H]1N(C(=O)CCn2cccn2)CC[C@]12C(=O)Nc1ccccc12. The monoisotopic (exact) mass is 352 g/mol. The van der Waals surface area contributed by atoms with Gasteiger partial charge in [-0.25, -0.2) is 0 Å². The Balaban J connectivity index is 1.60. The number of nitrogens with one attached hydrogen (secondary N) is 1. The number of aryl methyl sites for hydroxylation is 1. The zero-order valence-corrected chi connectivity index (χ0v) is 15.0. The van der Waals surface area contributed by atoms with Crippen LogP contribution < -0.4 is 5.32 Å². The second-order valence-electron chi connectivity index (χ2n) is 7.13. The lowest BCUT2D eigenvalue weighted by Crippen LogP contribution is -2.48. The molecule has 0 bridgehead atoms. The molecule has 6 heteroatoms. The van der Waals surface area contributed by atoms with Gasteiger partial charge in [-0.2, -0.15) is 5.10 Å². The molecule has 0 unspecified atom stereocenters. The van der Waals surface area contributed by atoms with Crippen LogP contribution in [0.1, 0.15) is 38.2 Å². The van der Waals surface area contributed by atoms with Gasteiger partial charge >= 0.3 is 0 Å². The van der Waals surface area contributed by atoms with Crippen molar-refractivity contribution >= 4 is 17.5 Å². The van der Waals surface area contributed by atoms with Crippen molar-refractivity contribution in [3.8, 4) is 0 Å². The molecule has 1 aromatic carbocycles. The largest absolute Gasteiger partial charge is 0.338 e. The number of amides is 2. The maximum absolute atomic E-state index is 13.0. The third-order valence-electron chi connectivity index (χ3n) is 5.75. The fourth-order valence-electron chi connectivity index (χ4n) is 4.56. The van der Waals surface area contributed by atoms with Crippen molar-refractivity contribution in [1.82, 2.24) is 14.7 Å². The predicted molar refractivity (Wildman–Crippen MR) is 98.6 cm³/mol. The van der Waals surface area contributed by atoms with Crippen molar-refractivity contribution in [3.63, 3.8) is 0 Å². The number of rotatable bonds is 5. The van der Waals surface area contributed by atoms with Crippen molar-refractivity contribution in [2.45, 2.75) is 50.6 Å². The molecule has 2 amide bonds. The highest BCUT2D eigenvalue weighted by Crippen LogP contribution is 2.49. The lowest BCUT2D eigenvalue weighted by atomic mass is 9.73. The van der Waals surface area contributed by atoms with Crippen LogP contribution in [-0.4, -0.2) is 39.1 Å². The molecule has 3 heterocycles. The number of carbonyl (C=O) groups excluding carboxylic acids is 2. The van der Waals surface area contributed by atoms with E-state index in [0.717, 1.165) is 24.1 Å². The van der Waals surface area contributed by atoms with Crippen LogP contribution in [0.25, 0.3) is 0 Å². The Labute approximate surface area is 153 Å². The number of para-hydroxylation sites is 1. The number of hydrogen-bond acceptors (Lipinski definition) is 3. The van der Waals surface area contributed by atoms with Gasteiger partial charge in [-0.1, -0.05) is 31.5 Å². The summed E-state index contributed by atoms with van der Waals surface area (Å²) in [5.74, 6) is 0.146. The van der Waals surface area contributed by atoms with Gasteiger partial charge in [0.1, 0.15) is 0 Å². The summed E-state index contributed by atoms with van der Waals surface area (Å²) >= 11 is 0. The first kappa shape index (κ1) is 16.8. The van der Waals surface area contributed by atoms with E-state index in [1.54, 1.807) is 10.9 Å². The summed E-state index contributed by atoms with van der Waals surface area (Å²) in [5.41, 5.74) is 1.34. The Morgan fingerprint density at radius 3 is 2.96 bits per heavy atom. The van der Waals surface area contributed by atoms with Gasteiger partial charge in [-0.3, -0.25) is 14.3 Å². The molecule has 2 aliphatic rings. The highest BCUT2D eigenvalue weighted by atomic mass is 16.2. The summed E-state index contributed by atoms with van der Waals surface area (Å²) in [6, 6.07) is 9.68. The minimum absolute atomic E-state index is 0.0412. The molecule has 2 atom stereocenters. The highest BCUT2D eigenvalue weighted by Gasteiger charge is 2.58. The summed E-state index contributed by atoms with van der Waals surface area (Å²) in [4.78, 5) is 27.9. The highest BCUT2D eigenvalue weighted by molar-refractivity contribution is 6.07. The van der Waals surface area contributed by atoms with Crippen LogP contribution in [0.4, 0.5) is 5.69 Å². The van der Waals surface area contributed by atoms with E-state index in [1.807, 2.05) is 41.4 Å². The summed E-state index contributed by atoms with van der Waals surface area (Å²) in [5, 5.41) is 7.21. The van der Waals surface area contributed by atoms with E-state index in [0.29, 0.717) is 25.9 Å². The summed E-state index contributed by atoms with van der Waals surface area (Å²) in [6.45, 7) is 3.30. The van der Waals surface area contributed by atoms with Gasteiger partial charge in [0.15, 0.2) is 0 Å². The van der Waals surface area contributed by atoms with Crippen LogP contribution in [0.2, 0.25) is 0 Å². The zero-order valence-electron chi connectivity index (χ0n) is 15.0. The maximum atomic E-state index is 13.0. The van der Waals surface area contributed by atoms with Crippen LogP contribution in [0.5, 0.6) is 0 Å². The lowest BCUT2D eigenvalue weighted by Gasteiger charge is -2.34. The first-order chi connectivity index (χ1) is 12.7. The summed E-state index contributed by atoms with van der Waals surface area (Å²) < 4.78 is 1.77. The lowest BCUT2D eigenvalue weighted by molar-refractivity contribution is -0.133. The van der Waals surface area contributed by atoms with Gasteiger partial charge in [0.05, 0.1) is 11.5 Å². The van der Waals surface area contributed by atoms with E-state index in [4.69, 9.17) is 0 Å². The van der Waals surface area contributed by atoms with Crippen molar-refractivity contribution in [1.29, 1.82) is 0 Å². The molecular formula is C20H24N4O2. The zero-order chi connectivity index (χ0) is 18.1. The average Bonchev–Trinajstić information content (AvgIpc) is 3.35. The maximum Gasteiger partial charge on any atom is 0.237 e. The molecule has 1 aromatic heterocycles. The molecule has 136 valence electrons. The number of fused-ring (bicyclic) bond motifs is 2. The van der Waals surface area contributed by atoms with Crippen LogP contribution in [0, 0.1) is 0 Å². The first-order valence-corrected chi connectivity index (χ1v) is 9.34. The van der Waals surface area contributed by atoms with E-state index < -0.39 is 5.41 Å². The van der Waals surface area contributed by atoms with Crippen molar-refractivity contribution in [2.75, 3.05) is 11.9 Å². The minimum Gasteiger partial charge on any atom is -0.338 e. The molecule has 0 radical (unpaired) electrons. The summed E-state index contributed by atoms with van der Waals surface area (Å²) in [7, 11) is 0. The van der Waals surface area contributed by atoms with E-state index in [1.165, 1.54) is 0 Å². The Morgan fingerprint density at radius 1 is 1.35 bits per heavy atom. The van der Waals surface area contributed by atoms with Crippen LogP contribution in [-0.2, 0) is 21.5 Å². The Kier molecular flexibility index (Phi) is 4.26. The van der Waals surface area contributed by atoms with Crippen molar-refractivity contribution in [2.24, 2.45) is 0 Å². The molecule has 1 N–H and O–H groups in total. The van der Waals surface area contributed by atoms with Crippen LogP contribution in [0.3, 0.4) is 0 Å². The number of benzene rings is 1. The predicted octanol–water partition coefficient (Wildman–Crippen LogP) is 2.56. The molecule has 0 aliphatic carbocycles. The van der Waals surface area contributed by atoms with Gasteiger partial charge in [0.2, 0.25) is 11.8 Å². The molecule has 4 rings (SSSR count). The molecule has 0 saturated carbocycles. The first-order valence-electron chi connectivity index (χ1n) is 9.34. The van der Waals surface area contributed by atoms with Crippen LogP contribution in [0.15, 0.2) is 42.7 Å².